The molecule has 2 N–H and O–H groups in total. The Morgan fingerprint density at radius 3 is 2.50 bits per heavy atom. The van der Waals surface area contributed by atoms with E-state index in [-0.39, 0.29) is 29.8 Å². The highest BCUT2D eigenvalue weighted by atomic mass is 32.2. The fraction of sp³-hybridized carbons (Fsp3) is 0.286. The summed E-state index contributed by atoms with van der Waals surface area (Å²) in [5.41, 5.74) is 0.736. The van der Waals surface area contributed by atoms with Gasteiger partial charge in [-0.2, -0.15) is 9.57 Å². The number of nitrogens with one attached hydrogen (secondary N) is 1. The topological polar surface area (TPSA) is 128 Å². The van der Waals surface area contributed by atoms with Crippen LogP contribution in [0.1, 0.15) is 24.0 Å². The first-order valence-corrected chi connectivity index (χ1v) is 10.9. The van der Waals surface area contributed by atoms with E-state index in [9.17, 15) is 28.4 Å². The molecule has 2 atom stereocenters. The van der Waals surface area contributed by atoms with E-state index in [0.717, 1.165) is 9.87 Å². The zero-order valence-corrected chi connectivity index (χ0v) is 16.9. The van der Waals surface area contributed by atoms with Gasteiger partial charge in [0, 0.05) is 13.0 Å². The Kier molecular flexibility index (Phi) is 6.50. The van der Waals surface area contributed by atoms with Gasteiger partial charge in [0.15, 0.2) is 0 Å². The summed E-state index contributed by atoms with van der Waals surface area (Å²) in [4.78, 5) is 24.3. The third-order valence-electron chi connectivity index (χ3n) is 5.00. The van der Waals surface area contributed by atoms with Gasteiger partial charge in [-0.3, -0.25) is 4.79 Å². The van der Waals surface area contributed by atoms with Gasteiger partial charge in [-0.15, -0.1) is 0 Å². The smallest absolute Gasteiger partial charge is 0.326 e. The second-order valence-electron chi connectivity index (χ2n) is 6.97. The van der Waals surface area contributed by atoms with Gasteiger partial charge in [0.05, 0.1) is 10.5 Å². The zero-order valence-electron chi connectivity index (χ0n) is 16.1. The van der Waals surface area contributed by atoms with Crippen molar-refractivity contribution in [2.75, 3.05) is 6.54 Å². The summed E-state index contributed by atoms with van der Waals surface area (Å²) in [5.74, 6) is -1.86. The van der Waals surface area contributed by atoms with E-state index in [1.807, 2.05) is 6.07 Å². The minimum absolute atomic E-state index is 0.00366. The lowest BCUT2D eigenvalue weighted by Gasteiger charge is -2.25. The van der Waals surface area contributed by atoms with E-state index in [2.05, 4.69) is 5.32 Å². The van der Waals surface area contributed by atoms with Crippen LogP contribution in [0.25, 0.3) is 0 Å². The Morgan fingerprint density at radius 2 is 1.83 bits per heavy atom. The van der Waals surface area contributed by atoms with Gasteiger partial charge in [0.25, 0.3) is 0 Å². The van der Waals surface area contributed by atoms with Crippen molar-refractivity contribution >= 4 is 21.9 Å². The van der Waals surface area contributed by atoms with Gasteiger partial charge in [-0.05, 0) is 30.5 Å². The van der Waals surface area contributed by atoms with E-state index < -0.39 is 34.0 Å². The number of nitriles is 1. The molecule has 156 valence electrons. The number of carboxylic acid groups (broad SMARTS) is 1. The predicted octanol–water partition coefficient (Wildman–Crippen LogP) is 1.52. The molecule has 0 aliphatic carbocycles. The van der Waals surface area contributed by atoms with Gasteiger partial charge in [0.1, 0.15) is 18.2 Å². The van der Waals surface area contributed by atoms with Crippen LogP contribution < -0.4 is 5.32 Å². The maximum absolute atomic E-state index is 13.1. The van der Waals surface area contributed by atoms with Crippen molar-refractivity contribution in [2.45, 2.75) is 36.2 Å². The summed E-state index contributed by atoms with van der Waals surface area (Å²) in [5, 5.41) is 21.2. The zero-order chi connectivity index (χ0) is 21.7. The molecule has 30 heavy (non-hydrogen) atoms. The molecule has 0 radical (unpaired) electrons. The van der Waals surface area contributed by atoms with Crippen LogP contribution >= 0.6 is 0 Å². The minimum Gasteiger partial charge on any atom is -0.480 e. The molecule has 0 aromatic heterocycles. The summed E-state index contributed by atoms with van der Waals surface area (Å²) in [7, 11) is -4.09. The number of nitrogens with zero attached hydrogens (tertiary/aromatic N) is 2. The molecular formula is C21H21N3O5S. The number of amides is 1. The molecule has 1 heterocycles. The fourth-order valence-corrected chi connectivity index (χ4v) is 5.32. The second-order valence-corrected chi connectivity index (χ2v) is 8.83. The lowest BCUT2D eigenvalue weighted by molar-refractivity contribution is -0.142. The lowest BCUT2D eigenvalue weighted by Crippen LogP contribution is -2.51. The fourth-order valence-electron chi connectivity index (χ4n) is 3.52. The molecule has 8 nitrogen and oxygen atoms in total. The normalized spacial score (nSPS) is 17.8. The predicted molar refractivity (Wildman–Crippen MR) is 108 cm³/mol. The average Bonchev–Trinajstić information content (AvgIpc) is 3.25. The average molecular weight is 427 g/mol. The van der Waals surface area contributed by atoms with Gasteiger partial charge in [0.2, 0.25) is 15.9 Å². The van der Waals surface area contributed by atoms with Crippen molar-refractivity contribution in [1.29, 1.82) is 5.26 Å². The largest absolute Gasteiger partial charge is 0.480 e. The quantitative estimate of drug-likeness (QED) is 0.690. The SMILES string of the molecule is N#Cc1ccccc1S(=O)(=O)N1CCC[C@H]1C(=O)N[C@@H](Cc1ccccc1)C(=O)O. The van der Waals surface area contributed by atoms with E-state index in [0.29, 0.717) is 6.42 Å². The molecular weight excluding hydrogens is 406 g/mol. The Hall–Kier alpha value is -3.22. The summed E-state index contributed by atoms with van der Waals surface area (Å²) in [6, 6.07) is 14.3. The highest BCUT2D eigenvalue weighted by molar-refractivity contribution is 7.89. The van der Waals surface area contributed by atoms with E-state index in [1.165, 1.54) is 18.2 Å². The lowest BCUT2D eigenvalue weighted by atomic mass is 10.1. The molecule has 2 aromatic carbocycles. The van der Waals surface area contributed by atoms with Crippen molar-refractivity contribution < 1.29 is 23.1 Å². The van der Waals surface area contributed by atoms with Crippen LogP contribution in [0.5, 0.6) is 0 Å². The van der Waals surface area contributed by atoms with Crippen molar-refractivity contribution in [3.8, 4) is 6.07 Å². The van der Waals surface area contributed by atoms with Gasteiger partial charge in [-0.1, -0.05) is 42.5 Å². The molecule has 0 unspecified atom stereocenters. The summed E-state index contributed by atoms with van der Waals surface area (Å²) in [6.45, 7) is 0.122. The van der Waals surface area contributed by atoms with Crippen LogP contribution in [0, 0.1) is 11.3 Å². The number of benzene rings is 2. The monoisotopic (exact) mass is 427 g/mol. The van der Waals surface area contributed by atoms with Crippen LogP contribution in [0.15, 0.2) is 59.5 Å². The molecule has 0 saturated carbocycles. The third-order valence-corrected chi connectivity index (χ3v) is 6.96. The second kappa shape index (κ2) is 9.07. The minimum atomic E-state index is -4.09. The summed E-state index contributed by atoms with van der Waals surface area (Å²) in [6.07, 6.45) is 0.818. The summed E-state index contributed by atoms with van der Waals surface area (Å²) >= 11 is 0. The van der Waals surface area contributed by atoms with E-state index in [4.69, 9.17) is 0 Å². The number of carbonyl (C=O) groups is 2. The molecule has 1 amide bonds. The van der Waals surface area contributed by atoms with Crippen LogP contribution in [-0.2, 0) is 26.0 Å². The Bertz CT molecular complexity index is 1080. The number of hydrogen-bond donors (Lipinski definition) is 2. The molecule has 0 spiro atoms. The van der Waals surface area contributed by atoms with Crippen LogP contribution in [-0.4, -0.2) is 48.3 Å². The third kappa shape index (κ3) is 4.50. The first-order valence-electron chi connectivity index (χ1n) is 9.42. The van der Waals surface area contributed by atoms with E-state index in [1.54, 1.807) is 36.4 Å². The van der Waals surface area contributed by atoms with Crippen LogP contribution in [0.3, 0.4) is 0 Å². The molecule has 1 saturated heterocycles. The van der Waals surface area contributed by atoms with Gasteiger partial charge in [-0.25, -0.2) is 13.2 Å². The molecule has 9 heteroatoms. The number of sulfonamides is 1. The number of carbonyl (C=O) groups excluding carboxylic acids is 1. The van der Waals surface area contributed by atoms with Crippen molar-refractivity contribution in [3.63, 3.8) is 0 Å². The van der Waals surface area contributed by atoms with E-state index >= 15 is 0 Å². The number of aliphatic carboxylic acids is 1. The van der Waals surface area contributed by atoms with Crippen molar-refractivity contribution in [2.24, 2.45) is 0 Å². The molecule has 1 fully saturated rings. The summed E-state index contributed by atoms with van der Waals surface area (Å²) < 4.78 is 27.3. The Balaban J connectivity index is 1.81. The standard InChI is InChI=1S/C21H21N3O5S/c22-14-16-9-4-5-11-19(16)30(28,29)24-12-6-10-18(24)20(25)23-17(21(26)27)13-15-7-2-1-3-8-15/h1-5,7-9,11,17-18H,6,10,12-13H2,(H,23,25)(H,26,27)/t17-,18-/m0/s1. The van der Waals surface area contributed by atoms with Crippen LogP contribution in [0.2, 0.25) is 0 Å². The Morgan fingerprint density at radius 1 is 1.17 bits per heavy atom. The Labute approximate surface area is 174 Å². The van der Waals surface area contributed by atoms with Gasteiger partial charge < -0.3 is 10.4 Å². The number of carboxylic acids is 1. The molecule has 1 aliphatic rings. The maximum atomic E-state index is 13.1. The van der Waals surface area contributed by atoms with Crippen LogP contribution in [0.4, 0.5) is 0 Å². The molecule has 0 bridgehead atoms. The molecule has 1 aliphatic heterocycles. The highest BCUT2D eigenvalue weighted by Gasteiger charge is 2.41. The van der Waals surface area contributed by atoms with Gasteiger partial charge >= 0.3 is 5.97 Å². The number of rotatable bonds is 7. The first-order chi connectivity index (χ1) is 14.3. The van der Waals surface area contributed by atoms with Crippen molar-refractivity contribution in [3.05, 3.63) is 65.7 Å². The first kappa shape index (κ1) is 21.5. The maximum Gasteiger partial charge on any atom is 0.326 e. The molecule has 3 rings (SSSR count). The number of hydrogen-bond acceptors (Lipinski definition) is 5. The highest BCUT2D eigenvalue weighted by Crippen LogP contribution is 2.28. The van der Waals surface area contributed by atoms with Crippen molar-refractivity contribution in [1.82, 2.24) is 9.62 Å². The molecule has 2 aromatic rings.